The molecule has 6 atom stereocenters. The Balaban J connectivity index is 1.20. The van der Waals surface area contributed by atoms with Crippen LogP contribution in [0.1, 0.15) is 95.5 Å². The number of ketones is 1. The van der Waals surface area contributed by atoms with Gasteiger partial charge in [-0.15, -0.1) is 0 Å². The summed E-state index contributed by atoms with van der Waals surface area (Å²) >= 11 is 0. The van der Waals surface area contributed by atoms with Gasteiger partial charge in [-0.25, -0.2) is 0 Å². The van der Waals surface area contributed by atoms with Crippen molar-refractivity contribution in [3.63, 3.8) is 0 Å². The molecule has 0 saturated heterocycles. The maximum absolute atomic E-state index is 16.5. The standard InChI is InChI=1S/C57H65N2O8S2/c1-4-37-14-15-38-9-8-10-40-32-68-69-33-42-26-51(63)57(43-22-36(30-58-2)23-44(60)27-43,29-34-13-17-48(61)50(24-34)67-45-11-6-5-7-12-45)56(65)53(42)54(64)41(21-35-19-20-59-31-35)25-39-16-18-49(62)55(66-3)47(39)28-46(37)52(38)40/h8-10,13-20,22-24,27,31,41-42,45,51,53-54,58,60-64H,4-7,11-12,21,25-26,28-30,32-33H2,1-3H3/q-1. The number of Topliss-reactive ketones (excluding diaryl/α,β-unsaturated/α-hetero) is 1. The van der Waals surface area contributed by atoms with Crippen LogP contribution in [0.15, 0.2) is 97.3 Å². The maximum Gasteiger partial charge on any atom is 0.164 e. The lowest BCUT2D eigenvalue weighted by molar-refractivity contribution is -0.149. The van der Waals surface area contributed by atoms with Gasteiger partial charge in [-0.2, -0.15) is 12.4 Å². The van der Waals surface area contributed by atoms with Crippen LogP contribution in [-0.2, 0) is 54.6 Å². The number of hydrogen-bond donors (Lipinski definition) is 6. The lowest BCUT2D eigenvalue weighted by Crippen LogP contribution is -2.61. The SMILES string of the molecule is CCc1ccc2cccc3c2c1Cc1c(ccc(O)c1OC)CC(Cc1cc[n-]c1)C(O)C1C(=O)C(Cc2ccc(O)c(OC4CCCCC4)c2)(c2cc(O)cc(CNC)c2)C(O)CC1CSSC3. The van der Waals surface area contributed by atoms with Crippen LogP contribution in [0.5, 0.6) is 28.7 Å². The molecule has 9 rings (SSSR count). The van der Waals surface area contributed by atoms with E-state index in [9.17, 15) is 25.5 Å². The number of phenols is 3. The third kappa shape index (κ3) is 10.1. The van der Waals surface area contributed by atoms with Gasteiger partial charge in [-0.3, -0.25) is 4.79 Å². The molecular formula is C57H65N2O8S2-. The molecule has 2 saturated carbocycles. The number of benzene rings is 5. The number of aromatic hydroxyl groups is 3. The number of nitrogens with zero attached hydrogens (tertiary/aromatic N) is 1. The third-order valence-corrected chi connectivity index (χ3v) is 17.6. The molecule has 364 valence electrons. The van der Waals surface area contributed by atoms with Gasteiger partial charge in [0.25, 0.3) is 0 Å². The normalized spacial score (nSPS) is 23.7. The number of nitrogens with one attached hydrogen (secondary N) is 1. The fraction of sp³-hybridized carbons (Fsp3) is 0.421. The number of carbonyl (C=O) groups excluding carboxylic acids is 1. The lowest BCUT2D eigenvalue weighted by atomic mass is 9.55. The number of fused-ring (bicyclic) bond motifs is 2. The van der Waals surface area contributed by atoms with Gasteiger partial charge in [0.05, 0.1) is 30.8 Å². The van der Waals surface area contributed by atoms with Crippen molar-refractivity contribution in [1.29, 1.82) is 0 Å². The number of ether oxygens (including phenoxy) is 2. The number of aliphatic hydroxyl groups is 2. The molecule has 10 nitrogen and oxygen atoms in total. The number of phenolic OH excluding ortho intramolecular Hbond substituents is 3. The van der Waals surface area contributed by atoms with Crippen LogP contribution in [0.25, 0.3) is 10.8 Å². The van der Waals surface area contributed by atoms with Gasteiger partial charge in [-0.1, -0.05) is 95.1 Å². The van der Waals surface area contributed by atoms with E-state index in [-0.39, 0.29) is 42.0 Å². The zero-order valence-electron chi connectivity index (χ0n) is 39.8. The van der Waals surface area contributed by atoms with Crippen LogP contribution in [0, 0.1) is 17.8 Å². The number of carbonyl (C=O) groups is 1. The van der Waals surface area contributed by atoms with Crippen LogP contribution in [-0.4, -0.2) is 69.5 Å². The summed E-state index contributed by atoms with van der Waals surface area (Å²) in [5.41, 5.74) is 6.50. The third-order valence-electron chi connectivity index (χ3n) is 15.2. The monoisotopic (exact) mass is 969 g/mol. The molecular weight excluding hydrogens is 905 g/mol. The van der Waals surface area contributed by atoms with Gasteiger partial charge in [0.1, 0.15) is 5.75 Å². The predicted octanol–water partition coefficient (Wildman–Crippen LogP) is 9.91. The summed E-state index contributed by atoms with van der Waals surface area (Å²) in [6.07, 6.45) is 8.45. The van der Waals surface area contributed by atoms with E-state index in [1.54, 1.807) is 77.5 Å². The zero-order valence-corrected chi connectivity index (χ0v) is 41.5. The van der Waals surface area contributed by atoms with E-state index in [1.807, 2.05) is 25.2 Å². The number of aryl methyl sites for hydroxylation is 1. The molecule has 2 fully saturated rings. The second-order valence-electron chi connectivity index (χ2n) is 19.5. The van der Waals surface area contributed by atoms with E-state index < -0.39 is 35.4 Å². The summed E-state index contributed by atoms with van der Waals surface area (Å²) in [5.74, 6) is -0.271. The molecule has 3 aliphatic rings. The molecule has 0 amide bonds. The fourth-order valence-electron chi connectivity index (χ4n) is 11.8. The maximum atomic E-state index is 16.5. The molecule has 12 heteroatoms. The van der Waals surface area contributed by atoms with Crippen molar-refractivity contribution in [1.82, 2.24) is 10.3 Å². The molecule has 6 N–H and O–H groups in total. The van der Waals surface area contributed by atoms with Crippen molar-refractivity contribution < 1.29 is 39.8 Å². The lowest BCUT2D eigenvalue weighted by Gasteiger charge is -2.49. The fourth-order valence-corrected chi connectivity index (χ4v) is 14.3. The predicted molar refractivity (Wildman–Crippen MR) is 276 cm³/mol. The molecule has 2 heterocycles. The van der Waals surface area contributed by atoms with Crippen molar-refractivity contribution in [3.05, 3.63) is 147 Å². The van der Waals surface area contributed by atoms with Gasteiger partial charge >= 0.3 is 0 Å². The van der Waals surface area contributed by atoms with Gasteiger partial charge in [0, 0.05) is 36.0 Å². The number of aromatic nitrogens is 1. The summed E-state index contributed by atoms with van der Waals surface area (Å²) in [7, 11) is 6.77. The summed E-state index contributed by atoms with van der Waals surface area (Å²) in [4.78, 5) is 20.9. The Bertz CT molecular complexity index is 2760. The Morgan fingerprint density at radius 3 is 2.45 bits per heavy atom. The Kier molecular flexibility index (Phi) is 15.2. The Labute approximate surface area is 413 Å². The molecule has 1 aliphatic heterocycles. The smallest absolute Gasteiger partial charge is 0.164 e. The first-order valence-electron chi connectivity index (χ1n) is 24.6. The van der Waals surface area contributed by atoms with Gasteiger partial charge in [0.2, 0.25) is 0 Å². The Morgan fingerprint density at radius 1 is 0.855 bits per heavy atom. The van der Waals surface area contributed by atoms with Crippen molar-refractivity contribution in [3.8, 4) is 28.7 Å². The highest BCUT2D eigenvalue weighted by atomic mass is 33.1. The minimum Gasteiger partial charge on any atom is -0.670 e. The van der Waals surface area contributed by atoms with Crippen LogP contribution >= 0.6 is 21.6 Å². The summed E-state index contributed by atoms with van der Waals surface area (Å²) in [6.45, 7) is 2.58. The first-order valence-corrected chi connectivity index (χ1v) is 27.1. The number of rotatable bonds is 11. The molecule has 0 radical (unpaired) electrons. The van der Waals surface area contributed by atoms with E-state index in [0.717, 1.165) is 66.2 Å². The van der Waals surface area contributed by atoms with Crippen LogP contribution in [0.3, 0.4) is 0 Å². The van der Waals surface area contributed by atoms with Crippen LogP contribution in [0.4, 0.5) is 0 Å². The first-order chi connectivity index (χ1) is 33.5. The number of aliphatic hydroxyl groups excluding tert-OH is 2. The average Bonchev–Trinajstić information content (AvgIpc) is 3.86. The second kappa shape index (κ2) is 21.5. The molecule has 0 bridgehead atoms. The average molecular weight is 970 g/mol. The highest BCUT2D eigenvalue weighted by molar-refractivity contribution is 8.76. The first kappa shape index (κ1) is 48.9. The molecule has 2 aliphatic carbocycles. The second-order valence-corrected chi connectivity index (χ2v) is 22.0. The molecule has 6 aromatic rings. The van der Waals surface area contributed by atoms with E-state index in [1.165, 1.54) is 22.1 Å². The van der Waals surface area contributed by atoms with Crippen LogP contribution in [0.2, 0.25) is 0 Å². The summed E-state index contributed by atoms with van der Waals surface area (Å²) < 4.78 is 12.5. The van der Waals surface area contributed by atoms with E-state index in [0.29, 0.717) is 59.9 Å². The largest absolute Gasteiger partial charge is 0.670 e. The zero-order chi connectivity index (χ0) is 48.2. The summed E-state index contributed by atoms with van der Waals surface area (Å²) in [5, 5.41) is 65.7. The topological polar surface area (TPSA) is 163 Å². The number of hydrogen-bond acceptors (Lipinski definition) is 11. The van der Waals surface area contributed by atoms with Gasteiger partial charge in [0.15, 0.2) is 28.8 Å². The minimum atomic E-state index is -1.61. The summed E-state index contributed by atoms with van der Waals surface area (Å²) in [6, 6.07) is 26.7. The van der Waals surface area contributed by atoms with Crippen molar-refractivity contribution in [2.75, 3.05) is 19.9 Å². The Hall–Kier alpha value is -5.11. The highest BCUT2D eigenvalue weighted by Crippen LogP contribution is 2.51. The van der Waals surface area contributed by atoms with Gasteiger partial charge < -0.3 is 45.3 Å². The van der Waals surface area contributed by atoms with E-state index >= 15 is 4.79 Å². The molecule has 1 aromatic heterocycles. The van der Waals surface area contributed by atoms with Crippen molar-refractivity contribution in [2.24, 2.45) is 17.8 Å². The quantitative estimate of drug-likeness (QED) is 0.0683. The van der Waals surface area contributed by atoms with E-state index in [2.05, 4.69) is 47.6 Å². The van der Waals surface area contributed by atoms with Gasteiger partial charge in [-0.05, 0) is 157 Å². The van der Waals surface area contributed by atoms with E-state index in [4.69, 9.17) is 9.47 Å². The molecule has 6 unspecified atom stereocenters. The molecule has 5 aromatic carbocycles. The number of methoxy groups -OCH3 is 1. The minimum absolute atomic E-state index is 0.00900. The molecule has 0 spiro atoms. The Morgan fingerprint density at radius 2 is 1.68 bits per heavy atom. The molecule has 69 heavy (non-hydrogen) atoms. The highest BCUT2D eigenvalue weighted by Gasteiger charge is 2.57. The van der Waals surface area contributed by atoms with Crippen molar-refractivity contribution in [2.45, 2.75) is 114 Å². The van der Waals surface area contributed by atoms with Crippen LogP contribution < -0.4 is 19.8 Å². The van der Waals surface area contributed by atoms with Crippen molar-refractivity contribution >= 4 is 38.1 Å².